The highest BCUT2D eigenvalue weighted by Crippen LogP contribution is 2.27. The molecule has 1 aliphatic rings. The van der Waals surface area contributed by atoms with E-state index in [1.807, 2.05) is 6.08 Å². The quantitative estimate of drug-likeness (QED) is 0.467. The van der Waals surface area contributed by atoms with Crippen LogP contribution in [-0.2, 0) is 0 Å². The Morgan fingerprint density at radius 2 is 2.33 bits per heavy atom. The van der Waals surface area contributed by atoms with Crippen molar-refractivity contribution in [3.05, 3.63) is 37.0 Å². The van der Waals surface area contributed by atoms with Gasteiger partial charge in [-0.3, -0.25) is 0 Å². The first-order valence-electron chi connectivity index (χ1n) is 3.25. The van der Waals surface area contributed by atoms with Crippen molar-refractivity contribution in [3.8, 4) is 0 Å². The highest BCUT2D eigenvalue weighted by atomic mass is 14.2. The summed E-state index contributed by atoms with van der Waals surface area (Å²) in [6.07, 6.45) is 11.6. The summed E-state index contributed by atoms with van der Waals surface area (Å²) < 4.78 is 0. The third kappa shape index (κ3) is 1.32. The molecule has 0 amide bonds. The van der Waals surface area contributed by atoms with E-state index >= 15 is 0 Å². The van der Waals surface area contributed by atoms with Crippen LogP contribution in [0.4, 0.5) is 0 Å². The van der Waals surface area contributed by atoms with E-state index in [9.17, 15) is 0 Å². The summed E-state index contributed by atoms with van der Waals surface area (Å²) in [4.78, 5) is 0. The molecule has 0 N–H and O–H groups in total. The molecule has 0 aliphatic heterocycles. The predicted molar refractivity (Wildman–Crippen MR) is 41.2 cm³/mol. The average Bonchev–Trinajstić information content (AvgIpc) is 1.90. The minimum atomic E-state index is 0.217. The lowest BCUT2D eigenvalue weighted by molar-refractivity contribution is 0.558. The Morgan fingerprint density at radius 1 is 1.56 bits per heavy atom. The summed E-state index contributed by atoms with van der Waals surface area (Å²) in [5.74, 6) is 0. The molecule has 1 rings (SSSR count). The van der Waals surface area contributed by atoms with Crippen molar-refractivity contribution in [1.29, 1.82) is 0 Å². The first-order chi connectivity index (χ1) is 4.27. The molecule has 0 aromatic rings. The van der Waals surface area contributed by atoms with E-state index < -0.39 is 0 Å². The number of allylic oxidation sites excluding steroid dienone is 5. The molecule has 0 spiro atoms. The van der Waals surface area contributed by atoms with Crippen LogP contribution in [0.5, 0.6) is 0 Å². The zero-order chi connectivity index (χ0) is 6.74. The van der Waals surface area contributed by atoms with E-state index in [2.05, 4.69) is 37.8 Å². The fraction of sp³-hybridized carbons (Fsp3) is 0.333. The number of hydrogen-bond donors (Lipinski definition) is 0. The van der Waals surface area contributed by atoms with Gasteiger partial charge >= 0.3 is 0 Å². The van der Waals surface area contributed by atoms with Gasteiger partial charge in [-0.2, -0.15) is 0 Å². The van der Waals surface area contributed by atoms with E-state index in [0.717, 1.165) is 6.42 Å². The van der Waals surface area contributed by atoms with Crippen molar-refractivity contribution in [2.75, 3.05) is 0 Å². The summed E-state index contributed by atoms with van der Waals surface area (Å²) in [5, 5.41) is 0. The Morgan fingerprint density at radius 3 is 2.67 bits per heavy atom. The van der Waals surface area contributed by atoms with E-state index in [-0.39, 0.29) is 5.41 Å². The van der Waals surface area contributed by atoms with Crippen molar-refractivity contribution in [2.24, 2.45) is 5.41 Å². The molecule has 0 saturated heterocycles. The molecule has 9 heavy (non-hydrogen) atoms. The molecule has 48 valence electrons. The highest BCUT2D eigenvalue weighted by Gasteiger charge is 2.14. The molecule has 0 unspecified atom stereocenters. The number of rotatable bonds is 1. The van der Waals surface area contributed by atoms with Crippen LogP contribution in [-0.4, -0.2) is 0 Å². The van der Waals surface area contributed by atoms with Crippen molar-refractivity contribution in [2.45, 2.75) is 13.3 Å². The molecule has 1 aliphatic carbocycles. The second kappa shape index (κ2) is 2.22. The number of hydrogen-bond acceptors (Lipinski definition) is 0. The van der Waals surface area contributed by atoms with E-state index in [0.29, 0.717) is 0 Å². The standard InChI is InChI=1S/C9H12/c1-3-9(2)7-5-4-6-8-9/h3-7H,1,8H2,2H3/t9-/m0/s1. The lowest BCUT2D eigenvalue weighted by Crippen LogP contribution is -2.08. The molecule has 0 heterocycles. The average molecular weight is 120 g/mol. The highest BCUT2D eigenvalue weighted by molar-refractivity contribution is 5.19. The Bertz CT molecular complexity index is 163. The SMILES string of the molecule is C=C[C@@]1(C)C=CC=CC1. The largest absolute Gasteiger partial charge is 0.102 e. The molecule has 0 aromatic heterocycles. The van der Waals surface area contributed by atoms with Crippen molar-refractivity contribution < 1.29 is 0 Å². The lowest BCUT2D eigenvalue weighted by atomic mass is 9.84. The summed E-state index contributed by atoms with van der Waals surface area (Å²) in [7, 11) is 0. The maximum Gasteiger partial charge on any atom is 0.00677 e. The van der Waals surface area contributed by atoms with Crippen LogP contribution in [0, 0.1) is 5.41 Å². The molecule has 0 saturated carbocycles. The zero-order valence-electron chi connectivity index (χ0n) is 5.80. The van der Waals surface area contributed by atoms with Gasteiger partial charge in [-0.25, -0.2) is 0 Å². The fourth-order valence-electron chi connectivity index (χ4n) is 0.895. The molecule has 0 heteroatoms. The van der Waals surface area contributed by atoms with Gasteiger partial charge in [0.15, 0.2) is 0 Å². The van der Waals surface area contributed by atoms with Crippen LogP contribution >= 0.6 is 0 Å². The third-order valence-corrected chi connectivity index (χ3v) is 1.75. The van der Waals surface area contributed by atoms with Gasteiger partial charge in [0.05, 0.1) is 0 Å². The first-order valence-corrected chi connectivity index (χ1v) is 3.25. The summed E-state index contributed by atoms with van der Waals surface area (Å²) >= 11 is 0. The molecular formula is C9H12. The normalized spacial score (nSPS) is 32.6. The second-order valence-corrected chi connectivity index (χ2v) is 2.70. The first kappa shape index (κ1) is 6.34. The molecule has 0 aromatic carbocycles. The molecule has 1 atom stereocenters. The topological polar surface area (TPSA) is 0 Å². The van der Waals surface area contributed by atoms with Crippen LogP contribution in [0.3, 0.4) is 0 Å². The molecular weight excluding hydrogens is 108 g/mol. The third-order valence-electron chi connectivity index (χ3n) is 1.75. The monoisotopic (exact) mass is 120 g/mol. The minimum absolute atomic E-state index is 0.217. The maximum atomic E-state index is 3.77. The Labute approximate surface area is 56.6 Å². The van der Waals surface area contributed by atoms with Gasteiger partial charge < -0.3 is 0 Å². The van der Waals surface area contributed by atoms with Crippen LogP contribution < -0.4 is 0 Å². The van der Waals surface area contributed by atoms with Gasteiger partial charge in [0, 0.05) is 5.41 Å². The van der Waals surface area contributed by atoms with E-state index in [1.54, 1.807) is 0 Å². The molecule has 0 radical (unpaired) electrons. The summed E-state index contributed by atoms with van der Waals surface area (Å²) in [6, 6.07) is 0. The molecule has 0 nitrogen and oxygen atoms in total. The van der Waals surface area contributed by atoms with Crippen molar-refractivity contribution in [1.82, 2.24) is 0 Å². The Balaban J connectivity index is 2.73. The van der Waals surface area contributed by atoms with Gasteiger partial charge in [0.2, 0.25) is 0 Å². The van der Waals surface area contributed by atoms with Crippen molar-refractivity contribution >= 4 is 0 Å². The van der Waals surface area contributed by atoms with Gasteiger partial charge in [-0.15, -0.1) is 6.58 Å². The van der Waals surface area contributed by atoms with Gasteiger partial charge in [-0.05, 0) is 6.42 Å². The van der Waals surface area contributed by atoms with Gasteiger partial charge in [-0.1, -0.05) is 37.3 Å². The van der Waals surface area contributed by atoms with Gasteiger partial charge in [0.1, 0.15) is 0 Å². The van der Waals surface area contributed by atoms with E-state index in [4.69, 9.17) is 0 Å². The van der Waals surface area contributed by atoms with Crippen LogP contribution in [0.25, 0.3) is 0 Å². The van der Waals surface area contributed by atoms with Crippen LogP contribution in [0.2, 0.25) is 0 Å². The lowest BCUT2D eigenvalue weighted by Gasteiger charge is -2.20. The van der Waals surface area contributed by atoms with Gasteiger partial charge in [0.25, 0.3) is 0 Å². The minimum Gasteiger partial charge on any atom is -0.102 e. The zero-order valence-corrected chi connectivity index (χ0v) is 5.80. The fourth-order valence-corrected chi connectivity index (χ4v) is 0.895. The van der Waals surface area contributed by atoms with Crippen molar-refractivity contribution in [3.63, 3.8) is 0 Å². The Kier molecular flexibility index (Phi) is 1.56. The van der Waals surface area contributed by atoms with Crippen LogP contribution in [0.1, 0.15) is 13.3 Å². The van der Waals surface area contributed by atoms with Crippen LogP contribution in [0.15, 0.2) is 37.0 Å². The van der Waals surface area contributed by atoms with E-state index in [1.165, 1.54) is 0 Å². The smallest absolute Gasteiger partial charge is 0.00677 e. The molecule has 0 fully saturated rings. The maximum absolute atomic E-state index is 3.77. The summed E-state index contributed by atoms with van der Waals surface area (Å²) in [6.45, 7) is 5.95. The predicted octanol–water partition coefficient (Wildman–Crippen LogP) is 2.69. The Hall–Kier alpha value is -0.780. The molecule has 0 bridgehead atoms. The summed E-state index contributed by atoms with van der Waals surface area (Å²) in [5.41, 5.74) is 0.217. The second-order valence-electron chi connectivity index (χ2n) is 2.70.